The molecule has 4 nitrogen and oxygen atoms in total. The van der Waals surface area contributed by atoms with E-state index < -0.39 is 0 Å². The molecule has 19 heavy (non-hydrogen) atoms. The number of aromatic amines is 1. The van der Waals surface area contributed by atoms with Crippen molar-refractivity contribution in [2.75, 3.05) is 5.75 Å². The fraction of sp³-hybridized carbons (Fsp3) is 0.143. The molecule has 2 heterocycles. The fourth-order valence-corrected chi connectivity index (χ4v) is 2.65. The summed E-state index contributed by atoms with van der Waals surface area (Å²) in [6.07, 6.45) is 3.27. The summed E-state index contributed by atoms with van der Waals surface area (Å²) in [5, 5.41) is 0. The summed E-state index contributed by atoms with van der Waals surface area (Å²) in [6, 6.07) is 9.28. The van der Waals surface area contributed by atoms with Gasteiger partial charge in [0.15, 0.2) is 5.78 Å². The SMILES string of the molecule is O=C(CSCc1ccco1)c1ccc2nc[nH]c2c1. The second-order valence-corrected chi connectivity index (χ2v) is 5.12. The van der Waals surface area contributed by atoms with Crippen molar-refractivity contribution in [2.45, 2.75) is 5.75 Å². The van der Waals surface area contributed by atoms with Gasteiger partial charge >= 0.3 is 0 Å². The predicted molar refractivity (Wildman–Crippen MR) is 75.3 cm³/mol. The number of aromatic nitrogens is 2. The third-order valence-corrected chi connectivity index (χ3v) is 3.75. The Morgan fingerprint density at radius 1 is 1.37 bits per heavy atom. The molecule has 0 atom stereocenters. The molecule has 0 unspecified atom stereocenters. The summed E-state index contributed by atoms with van der Waals surface area (Å²) in [6.45, 7) is 0. The minimum atomic E-state index is 0.119. The Morgan fingerprint density at radius 3 is 3.16 bits per heavy atom. The Morgan fingerprint density at radius 2 is 2.32 bits per heavy atom. The largest absolute Gasteiger partial charge is 0.468 e. The van der Waals surface area contributed by atoms with Crippen LogP contribution in [0.3, 0.4) is 0 Å². The zero-order chi connectivity index (χ0) is 13.1. The molecular formula is C14H12N2O2S. The molecule has 0 saturated carbocycles. The number of H-pyrrole nitrogens is 1. The van der Waals surface area contributed by atoms with Crippen molar-refractivity contribution in [3.63, 3.8) is 0 Å². The Labute approximate surface area is 114 Å². The monoisotopic (exact) mass is 272 g/mol. The first kappa shape index (κ1) is 12.0. The molecule has 2 aromatic heterocycles. The van der Waals surface area contributed by atoms with Crippen molar-refractivity contribution in [3.05, 3.63) is 54.2 Å². The Balaban J connectivity index is 1.63. The van der Waals surface area contributed by atoms with E-state index in [1.54, 1.807) is 24.4 Å². The van der Waals surface area contributed by atoms with E-state index in [4.69, 9.17) is 4.42 Å². The van der Waals surface area contributed by atoms with Crippen LogP contribution in [-0.2, 0) is 5.75 Å². The lowest BCUT2D eigenvalue weighted by atomic mass is 10.1. The number of Topliss-reactive ketones (excluding diaryl/α,β-unsaturated/α-hetero) is 1. The van der Waals surface area contributed by atoms with E-state index in [-0.39, 0.29) is 5.78 Å². The summed E-state index contributed by atoms with van der Waals surface area (Å²) < 4.78 is 5.22. The van der Waals surface area contributed by atoms with Gasteiger partial charge in [0.25, 0.3) is 0 Å². The number of hydrogen-bond donors (Lipinski definition) is 1. The van der Waals surface area contributed by atoms with Crippen LogP contribution in [0.2, 0.25) is 0 Å². The van der Waals surface area contributed by atoms with Crippen LogP contribution in [0, 0.1) is 0 Å². The van der Waals surface area contributed by atoms with Gasteiger partial charge in [0, 0.05) is 5.56 Å². The average Bonchev–Trinajstić information content (AvgIpc) is 3.08. The molecule has 3 aromatic rings. The number of imidazole rings is 1. The van der Waals surface area contributed by atoms with Crippen molar-refractivity contribution in [2.24, 2.45) is 0 Å². The lowest BCUT2D eigenvalue weighted by molar-refractivity contribution is 0.102. The summed E-state index contributed by atoms with van der Waals surface area (Å²) >= 11 is 1.55. The van der Waals surface area contributed by atoms with Crippen LogP contribution >= 0.6 is 11.8 Å². The van der Waals surface area contributed by atoms with Gasteiger partial charge in [-0.2, -0.15) is 0 Å². The number of carbonyl (C=O) groups is 1. The van der Waals surface area contributed by atoms with Crippen LogP contribution in [0.15, 0.2) is 47.3 Å². The van der Waals surface area contributed by atoms with Gasteiger partial charge in [-0.3, -0.25) is 4.79 Å². The maximum atomic E-state index is 12.1. The topological polar surface area (TPSA) is 58.9 Å². The van der Waals surface area contributed by atoms with Crippen molar-refractivity contribution >= 4 is 28.6 Å². The molecule has 0 fully saturated rings. The van der Waals surface area contributed by atoms with Gasteiger partial charge in [-0.25, -0.2) is 4.98 Å². The summed E-state index contributed by atoms with van der Waals surface area (Å²) in [5.41, 5.74) is 2.48. The molecule has 0 radical (unpaired) electrons. The third kappa shape index (κ3) is 2.71. The summed E-state index contributed by atoms with van der Waals surface area (Å²) in [7, 11) is 0. The maximum absolute atomic E-state index is 12.1. The molecule has 0 amide bonds. The molecule has 1 aromatic carbocycles. The fourth-order valence-electron chi connectivity index (χ4n) is 1.83. The molecule has 96 valence electrons. The van der Waals surface area contributed by atoms with E-state index in [1.807, 2.05) is 30.3 Å². The van der Waals surface area contributed by atoms with Gasteiger partial charge in [-0.15, -0.1) is 11.8 Å². The Kier molecular flexibility index (Phi) is 3.37. The minimum Gasteiger partial charge on any atom is -0.468 e. The second kappa shape index (κ2) is 5.32. The quantitative estimate of drug-likeness (QED) is 0.724. The van der Waals surface area contributed by atoms with E-state index in [1.165, 1.54) is 0 Å². The maximum Gasteiger partial charge on any atom is 0.172 e. The smallest absolute Gasteiger partial charge is 0.172 e. The number of nitrogens with zero attached hydrogens (tertiary/aromatic N) is 1. The molecule has 0 spiro atoms. The first-order valence-corrected chi connectivity index (χ1v) is 7.05. The Bertz CT molecular complexity index is 688. The number of carbonyl (C=O) groups excluding carboxylic acids is 1. The van der Waals surface area contributed by atoms with Gasteiger partial charge in [0.2, 0.25) is 0 Å². The van der Waals surface area contributed by atoms with Crippen LogP contribution in [0.4, 0.5) is 0 Å². The molecule has 0 bridgehead atoms. The zero-order valence-corrected chi connectivity index (χ0v) is 10.9. The van der Waals surface area contributed by atoms with E-state index in [0.29, 0.717) is 17.1 Å². The van der Waals surface area contributed by atoms with E-state index in [0.717, 1.165) is 16.8 Å². The van der Waals surface area contributed by atoms with Gasteiger partial charge in [-0.1, -0.05) is 0 Å². The van der Waals surface area contributed by atoms with E-state index in [9.17, 15) is 4.79 Å². The van der Waals surface area contributed by atoms with E-state index in [2.05, 4.69) is 9.97 Å². The van der Waals surface area contributed by atoms with Crippen molar-refractivity contribution in [1.82, 2.24) is 9.97 Å². The molecule has 3 rings (SSSR count). The Hall–Kier alpha value is -2.01. The summed E-state index contributed by atoms with van der Waals surface area (Å²) in [5.74, 6) is 2.17. The normalized spacial score (nSPS) is 10.9. The van der Waals surface area contributed by atoms with Gasteiger partial charge < -0.3 is 9.40 Å². The lowest BCUT2D eigenvalue weighted by Crippen LogP contribution is -2.02. The lowest BCUT2D eigenvalue weighted by Gasteiger charge is -2.00. The number of thioether (sulfide) groups is 1. The second-order valence-electron chi connectivity index (χ2n) is 4.13. The first-order valence-electron chi connectivity index (χ1n) is 5.89. The van der Waals surface area contributed by atoms with Crippen LogP contribution in [0.1, 0.15) is 16.1 Å². The van der Waals surface area contributed by atoms with Crippen LogP contribution in [-0.4, -0.2) is 21.5 Å². The molecule has 1 N–H and O–H groups in total. The number of fused-ring (bicyclic) bond motifs is 1. The summed E-state index contributed by atoms with van der Waals surface area (Å²) in [4.78, 5) is 19.2. The molecule has 5 heteroatoms. The number of ketones is 1. The van der Waals surface area contributed by atoms with Gasteiger partial charge in [0.05, 0.1) is 35.1 Å². The molecular weight excluding hydrogens is 260 g/mol. The minimum absolute atomic E-state index is 0.119. The molecule has 0 saturated heterocycles. The standard InChI is InChI=1S/C14H12N2O2S/c17-14(8-19-7-11-2-1-5-18-11)10-3-4-12-13(6-10)16-9-15-12/h1-6,9H,7-8H2,(H,15,16). The zero-order valence-electron chi connectivity index (χ0n) is 10.1. The van der Waals surface area contributed by atoms with E-state index >= 15 is 0 Å². The van der Waals surface area contributed by atoms with Crippen molar-refractivity contribution in [3.8, 4) is 0 Å². The van der Waals surface area contributed by atoms with Gasteiger partial charge in [0.1, 0.15) is 5.76 Å². The highest BCUT2D eigenvalue weighted by molar-refractivity contribution is 7.99. The van der Waals surface area contributed by atoms with Crippen molar-refractivity contribution in [1.29, 1.82) is 0 Å². The molecule has 0 aliphatic carbocycles. The number of furan rings is 1. The highest BCUT2D eigenvalue weighted by Crippen LogP contribution is 2.16. The highest BCUT2D eigenvalue weighted by Gasteiger charge is 2.08. The third-order valence-electron chi connectivity index (χ3n) is 2.80. The average molecular weight is 272 g/mol. The first-order chi connectivity index (χ1) is 9.33. The number of benzene rings is 1. The number of hydrogen-bond acceptors (Lipinski definition) is 4. The van der Waals surface area contributed by atoms with Crippen LogP contribution < -0.4 is 0 Å². The van der Waals surface area contributed by atoms with Gasteiger partial charge in [-0.05, 0) is 30.3 Å². The molecule has 0 aliphatic rings. The highest BCUT2D eigenvalue weighted by atomic mass is 32.2. The number of rotatable bonds is 5. The number of nitrogens with one attached hydrogen (secondary N) is 1. The predicted octanol–water partition coefficient (Wildman–Crippen LogP) is 3.27. The van der Waals surface area contributed by atoms with Crippen molar-refractivity contribution < 1.29 is 9.21 Å². The van der Waals surface area contributed by atoms with Crippen LogP contribution in [0.5, 0.6) is 0 Å². The molecule has 0 aliphatic heterocycles. The van der Waals surface area contributed by atoms with Crippen LogP contribution in [0.25, 0.3) is 11.0 Å².